The number of carbonyl (C=O) groups is 1. The summed E-state index contributed by atoms with van der Waals surface area (Å²) >= 11 is 1.48. The number of hydrogen-bond donors (Lipinski definition) is 1. The number of aromatic nitrogens is 6. The molecule has 0 bridgehead atoms. The molecule has 0 unspecified atom stereocenters. The molecule has 1 saturated carbocycles. The summed E-state index contributed by atoms with van der Waals surface area (Å²) in [6, 6.07) is 5.42. The number of hydrogen-bond acceptors (Lipinski definition) is 7. The van der Waals surface area contributed by atoms with E-state index in [4.69, 9.17) is 0 Å². The average Bonchev–Trinajstić information content (AvgIpc) is 3.35. The second-order valence-corrected chi connectivity index (χ2v) is 7.50. The van der Waals surface area contributed by atoms with Gasteiger partial charge < -0.3 is 0 Å². The number of carbonyl (C=O) groups excluding carboxylic acids is 1. The number of rotatable bonds is 4. The quantitative estimate of drug-likeness (QED) is 0.759. The summed E-state index contributed by atoms with van der Waals surface area (Å²) in [6.07, 6.45) is 7.62. The van der Waals surface area contributed by atoms with Crippen molar-refractivity contribution < 1.29 is 4.79 Å². The van der Waals surface area contributed by atoms with Crippen molar-refractivity contribution in [3.63, 3.8) is 0 Å². The average molecular weight is 369 g/mol. The van der Waals surface area contributed by atoms with Crippen LogP contribution in [0.2, 0.25) is 0 Å². The minimum Gasteiger partial charge on any atom is -0.296 e. The zero-order chi connectivity index (χ0) is 17.9. The van der Waals surface area contributed by atoms with Gasteiger partial charge in [-0.2, -0.15) is 0 Å². The molecule has 4 rings (SSSR count). The Hall–Kier alpha value is -2.68. The lowest BCUT2D eigenvalue weighted by atomic mass is 9.90. The molecule has 26 heavy (non-hydrogen) atoms. The Morgan fingerprint density at radius 1 is 1.23 bits per heavy atom. The molecule has 8 nitrogen and oxygen atoms in total. The van der Waals surface area contributed by atoms with Crippen LogP contribution < -0.4 is 5.32 Å². The topological polar surface area (TPSA) is 98.5 Å². The van der Waals surface area contributed by atoms with Crippen molar-refractivity contribution in [3.05, 3.63) is 40.7 Å². The standard InChI is InChI=1S/C17H19N7OS/c1-11-7-8-13(9-14(11)24-10-18-22-23-24)15(25)19-17-21-20-16(26-17)12-5-3-2-4-6-12/h7-10,12H,2-6H2,1H3,(H,19,21,25). The van der Waals surface area contributed by atoms with Gasteiger partial charge in [0.2, 0.25) is 5.13 Å². The van der Waals surface area contributed by atoms with Crippen LogP contribution in [0.1, 0.15) is 59.0 Å². The number of nitrogens with zero attached hydrogens (tertiary/aromatic N) is 6. The van der Waals surface area contributed by atoms with Gasteiger partial charge in [-0.1, -0.05) is 36.7 Å². The lowest BCUT2D eigenvalue weighted by molar-refractivity contribution is 0.102. The molecule has 1 aliphatic rings. The zero-order valence-corrected chi connectivity index (χ0v) is 15.2. The molecule has 1 fully saturated rings. The Kier molecular flexibility index (Phi) is 4.70. The zero-order valence-electron chi connectivity index (χ0n) is 14.4. The number of nitrogens with one attached hydrogen (secondary N) is 1. The highest BCUT2D eigenvalue weighted by atomic mass is 32.1. The summed E-state index contributed by atoms with van der Waals surface area (Å²) in [5.41, 5.74) is 2.27. The molecule has 0 saturated heterocycles. The number of anilines is 1. The minimum atomic E-state index is -0.217. The Morgan fingerprint density at radius 2 is 2.08 bits per heavy atom. The van der Waals surface area contributed by atoms with Gasteiger partial charge in [-0.15, -0.1) is 15.3 Å². The van der Waals surface area contributed by atoms with Crippen molar-refractivity contribution in [2.45, 2.75) is 44.9 Å². The Morgan fingerprint density at radius 3 is 2.85 bits per heavy atom. The highest BCUT2D eigenvalue weighted by Gasteiger charge is 2.20. The maximum atomic E-state index is 12.6. The molecule has 9 heteroatoms. The fourth-order valence-electron chi connectivity index (χ4n) is 3.24. The molecule has 1 N–H and O–H groups in total. The highest BCUT2D eigenvalue weighted by molar-refractivity contribution is 7.15. The van der Waals surface area contributed by atoms with E-state index in [1.165, 1.54) is 41.6 Å². The van der Waals surface area contributed by atoms with Gasteiger partial charge in [0.25, 0.3) is 5.91 Å². The monoisotopic (exact) mass is 369 g/mol. The van der Waals surface area contributed by atoms with Crippen molar-refractivity contribution in [2.75, 3.05) is 5.32 Å². The Labute approximate surface area is 154 Å². The van der Waals surface area contributed by atoms with Crippen LogP contribution in [0.15, 0.2) is 24.5 Å². The van der Waals surface area contributed by atoms with E-state index in [1.807, 2.05) is 13.0 Å². The van der Waals surface area contributed by atoms with Crippen LogP contribution in [0, 0.1) is 6.92 Å². The van der Waals surface area contributed by atoms with Gasteiger partial charge in [0.1, 0.15) is 11.3 Å². The summed E-state index contributed by atoms with van der Waals surface area (Å²) in [5, 5.41) is 24.0. The first-order valence-electron chi connectivity index (χ1n) is 8.69. The van der Waals surface area contributed by atoms with Gasteiger partial charge in [-0.05, 0) is 47.9 Å². The van der Waals surface area contributed by atoms with E-state index in [0.717, 1.165) is 29.1 Å². The Bertz CT molecular complexity index is 900. The summed E-state index contributed by atoms with van der Waals surface area (Å²) in [6.45, 7) is 1.94. The van der Waals surface area contributed by atoms with Crippen molar-refractivity contribution in [1.82, 2.24) is 30.4 Å². The van der Waals surface area contributed by atoms with E-state index in [0.29, 0.717) is 16.6 Å². The largest absolute Gasteiger partial charge is 0.296 e. The molecule has 0 spiro atoms. The number of tetrazole rings is 1. The van der Waals surface area contributed by atoms with Gasteiger partial charge in [0, 0.05) is 11.5 Å². The molecule has 134 valence electrons. The van der Waals surface area contributed by atoms with Crippen LogP contribution in [0.25, 0.3) is 5.69 Å². The molecule has 1 aromatic carbocycles. The molecule has 0 aliphatic heterocycles. The molecule has 0 radical (unpaired) electrons. The van der Waals surface area contributed by atoms with Crippen LogP contribution in [-0.4, -0.2) is 36.3 Å². The number of aryl methyl sites for hydroxylation is 1. The second kappa shape index (κ2) is 7.28. The Balaban J connectivity index is 1.50. The van der Waals surface area contributed by atoms with Crippen molar-refractivity contribution in [2.24, 2.45) is 0 Å². The summed E-state index contributed by atoms with van der Waals surface area (Å²) in [7, 11) is 0. The predicted octanol–water partition coefficient (Wildman–Crippen LogP) is 3.12. The summed E-state index contributed by atoms with van der Waals surface area (Å²) < 4.78 is 1.54. The third-order valence-corrected chi connectivity index (χ3v) is 5.68. The summed E-state index contributed by atoms with van der Waals surface area (Å²) in [5.74, 6) is 0.267. The first-order chi connectivity index (χ1) is 12.7. The highest BCUT2D eigenvalue weighted by Crippen LogP contribution is 2.35. The third-order valence-electron chi connectivity index (χ3n) is 4.68. The lowest BCUT2D eigenvalue weighted by Gasteiger charge is -2.18. The first-order valence-corrected chi connectivity index (χ1v) is 9.51. The van der Waals surface area contributed by atoms with Crippen molar-refractivity contribution in [1.29, 1.82) is 0 Å². The molecule has 2 aromatic heterocycles. The minimum absolute atomic E-state index is 0.217. The van der Waals surface area contributed by atoms with Crippen LogP contribution in [-0.2, 0) is 0 Å². The fraction of sp³-hybridized carbons (Fsp3) is 0.412. The van der Waals surface area contributed by atoms with Crippen molar-refractivity contribution >= 4 is 22.4 Å². The van der Waals surface area contributed by atoms with Gasteiger partial charge in [0.15, 0.2) is 0 Å². The first kappa shape index (κ1) is 16.8. The second-order valence-electron chi connectivity index (χ2n) is 6.49. The van der Waals surface area contributed by atoms with Crippen LogP contribution in [0.4, 0.5) is 5.13 Å². The molecule has 0 atom stereocenters. The van der Waals surface area contributed by atoms with E-state index >= 15 is 0 Å². The van der Waals surface area contributed by atoms with Gasteiger partial charge in [-0.25, -0.2) is 4.68 Å². The van der Waals surface area contributed by atoms with E-state index in [-0.39, 0.29) is 5.91 Å². The van der Waals surface area contributed by atoms with E-state index in [9.17, 15) is 4.79 Å². The number of benzene rings is 1. The molecular weight excluding hydrogens is 350 g/mol. The van der Waals surface area contributed by atoms with Crippen LogP contribution in [0.5, 0.6) is 0 Å². The fourth-order valence-corrected chi connectivity index (χ4v) is 4.15. The predicted molar refractivity (Wildman–Crippen MR) is 97.6 cm³/mol. The third kappa shape index (κ3) is 3.48. The van der Waals surface area contributed by atoms with Crippen LogP contribution in [0.3, 0.4) is 0 Å². The van der Waals surface area contributed by atoms with Gasteiger partial charge >= 0.3 is 0 Å². The van der Waals surface area contributed by atoms with Crippen LogP contribution >= 0.6 is 11.3 Å². The molecular formula is C17H19N7OS. The maximum Gasteiger partial charge on any atom is 0.257 e. The van der Waals surface area contributed by atoms with E-state index in [1.54, 1.807) is 12.1 Å². The molecule has 2 heterocycles. The molecule has 1 aliphatic carbocycles. The SMILES string of the molecule is Cc1ccc(C(=O)Nc2nnc(C3CCCCC3)s2)cc1-n1cnnn1. The van der Waals surface area contributed by atoms with Gasteiger partial charge in [0.05, 0.1) is 5.69 Å². The number of amides is 1. The van der Waals surface area contributed by atoms with Gasteiger partial charge in [-0.3, -0.25) is 10.1 Å². The molecule has 3 aromatic rings. The van der Waals surface area contributed by atoms with E-state index < -0.39 is 0 Å². The lowest BCUT2D eigenvalue weighted by Crippen LogP contribution is -2.12. The molecule has 1 amide bonds. The normalized spacial score (nSPS) is 15.1. The smallest absolute Gasteiger partial charge is 0.257 e. The van der Waals surface area contributed by atoms with Crippen molar-refractivity contribution in [3.8, 4) is 5.69 Å². The van der Waals surface area contributed by atoms with E-state index in [2.05, 4.69) is 31.0 Å². The maximum absolute atomic E-state index is 12.6. The summed E-state index contributed by atoms with van der Waals surface area (Å²) in [4.78, 5) is 12.6.